The first-order valence-corrected chi connectivity index (χ1v) is 16.1. The number of allylic oxidation sites excluding steroid dienone is 1. The number of nitrogen functional groups attached to an aromatic ring is 1. The predicted octanol–water partition coefficient (Wildman–Crippen LogP) is 4.97. The summed E-state index contributed by atoms with van der Waals surface area (Å²) in [6.45, 7) is 9.46. The molecule has 1 aliphatic rings. The summed E-state index contributed by atoms with van der Waals surface area (Å²) in [5.74, 6) is 0.222. The third-order valence-corrected chi connectivity index (χ3v) is 9.31. The summed E-state index contributed by atoms with van der Waals surface area (Å²) in [4.78, 5) is 2.19. The van der Waals surface area contributed by atoms with Gasteiger partial charge in [-0.15, -0.1) is 0 Å². The summed E-state index contributed by atoms with van der Waals surface area (Å²) in [5, 5.41) is 24.9. The number of aliphatic hydroxyl groups is 1. The van der Waals surface area contributed by atoms with Crippen LogP contribution in [-0.2, 0) is 30.1 Å². The molecule has 3 N–H and O–H groups in total. The fourth-order valence-corrected chi connectivity index (χ4v) is 6.38. The van der Waals surface area contributed by atoms with Gasteiger partial charge in [0.05, 0.1) is 46.5 Å². The van der Waals surface area contributed by atoms with E-state index < -0.39 is 28.8 Å². The van der Waals surface area contributed by atoms with E-state index in [0.717, 1.165) is 54.8 Å². The Morgan fingerprint density at radius 1 is 1.23 bits per heavy atom. The number of likely N-dealkylation sites (N-methyl/N-ethyl adjacent to an activating group) is 1. The van der Waals surface area contributed by atoms with E-state index in [4.69, 9.17) is 5.73 Å². The predicted molar refractivity (Wildman–Crippen MR) is 167 cm³/mol. The standard InChI is InChI=1S/C32H39F3N6O2S/c1-4-41(44(3)43)16-13-26-19-40(38-31(26)25-6-8-27(9-7-25)32(33,34)35)21-28(42)20-39-14-11-24(12-15-39)22(2)29-17-23(18-36)5-10-30(29)37/h5-10,17,19,24,28,42H,2,4,11-16,20-21,37H2,1,3H3. The van der Waals surface area contributed by atoms with Crippen LogP contribution in [-0.4, -0.2) is 73.4 Å². The second-order valence-corrected chi connectivity index (χ2v) is 12.5. The van der Waals surface area contributed by atoms with Crippen molar-refractivity contribution in [2.75, 3.05) is 44.7 Å². The number of benzene rings is 2. The number of piperidine rings is 1. The van der Waals surface area contributed by atoms with Crippen molar-refractivity contribution in [1.29, 1.82) is 5.26 Å². The van der Waals surface area contributed by atoms with Gasteiger partial charge in [-0.25, -0.2) is 8.51 Å². The van der Waals surface area contributed by atoms with Gasteiger partial charge in [0.2, 0.25) is 0 Å². The molecule has 2 aromatic carbocycles. The Bertz CT molecular complexity index is 1510. The molecule has 0 bridgehead atoms. The smallest absolute Gasteiger partial charge is 0.398 e. The van der Waals surface area contributed by atoms with Crippen molar-refractivity contribution in [1.82, 2.24) is 19.0 Å². The number of likely N-dealkylation sites (tertiary alicyclic amines) is 1. The van der Waals surface area contributed by atoms with Crippen LogP contribution >= 0.6 is 0 Å². The molecule has 1 saturated heterocycles. The molecule has 236 valence electrons. The van der Waals surface area contributed by atoms with Crippen molar-refractivity contribution in [2.24, 2.45) is 5.92 Å². The molecule has 4 rings (SSSR count). The Balaban J connectivity index is 1.41. The highest BCUT2D eigenvalue weighted by molar-refractivity contribution is 7.81. The lowest BCUT2D eigenvalue weighted by Gasteiger charge is -2.34. The molecule has 1 aromatic heterocycles. The van der Waals surface area contributed by atoms with Gasteiger partial charge in [0.25, 0.3) is 0 Å². The van der Waals surface area contributed by atoms with Crippen LogP contribution in [0.1, 0.15) is 42.0 Å². The van der Waals surface area contributed by atoms with Gasteiger partial charge in [0, 0.05) is 48.9 Å². The number of β-amino-alcohol motifs (C(OH)–C–C–N with tert-alkyl or cyclic N) is 1. The molecule has 0 saturated carbocycles. The van der Waals surface area contributed by atoms with Gasteiger partial charge in [-0.2, -0.15) is 23.5 Å². The minimum atomic E-state index is -4.44. The molecule has 2 unspecified atom stereocenters. The Labute approximate surface area is 259 Å². The van der Waals surface area contributed by atoms with Crippen LogP contribution in [0.25, 0.3) is 16.8 Å². The van der Waals surface area contributed by atoms with Gasteiger partial charge in [-0.05, 0) is 79.7 Å². The minimum absolute atomic E-state index is 0.217. The van der Waals surface area contributed by atoms with E-state index in [1.165, 1.54) is 12.1 Å². The van der Waals surface area contributed by atoms with Gasteiger partial charge >= 0.3 is 6.18 Å². The van der Waals surface area contributed by atoms with Gasteiger partial charge in [0.15, 0.2) is 0 Å². The first kappa shape index (κ1) is 33.4. The van der Waals surface area contributed by atoms with E-state index in [1.807, 2.05) is 13.1 Å². The zero-order chi connectivity index (χ0) is 32.0. The Hall–Kier alpha value is -3.50. The molecule has 0 spiro atoms. The van der Waals surface area contributed by atoms with E-state index in [2.05, 4.69) is 22.6 Å². The van der Waals surface area contributed by atoms with Crippen LogP contribution < -0.4 is 5.73 Å². The largest absolute Gasteiger partial charge is 0.416 e. The lowest BCUT2D eigenvalue weighted by atomic mass is 9.85. The first-order chi connectivity index (χ1) is 20.9. The zero-order valence-electron chi connectivity index (χ0n) is 25.1. The number of nitriles is 1. The number of alkyl halides is 3. The average molecular weight is 629 g/mol. The van der Waals surface area contributed by atoms with Crippen molar-refractivity contribution in [2.45, 2.75) is 45.0 Å². The van der Waals surface area contributed by atoms with Gasteiger partial charge in [0.1, 0.15) is 0 Å². The molecule has 1 aliphatic heterocycles. The van der Waals surface area contributed by atoms with Gasteiger partial charge in [-0.3, -0.25) is 4.68 Å². The van der Waals surface area contributed by atoms with E-state index >= 15 is 0 Å². The monoisotopic (exact) mass is 628 g/mol. The average Bonchev–Trinajstić information content (AvgIpc) is 3.39. The van der Waals surface area contributed by atoms with Gasteiger partial charge < -0.3 is 15.7 Å². The van der Waals surface area contributed by atoms with E-state index in [0.29, 0.717) is 48.6 Å². The summed E-state index contributed by atoms with van der Waals surface area (Å²) < 4.78 is 54.9. The fraction of sp³-hybridized carbons (Fsp3) is 0.438. The Morgan fingerprint density at radius 2 is 1.91 bits per heavy atom. The summed E-state index contributed by atoms with van der Waals surface area (Å²) in [6, 6.07) is 12.3. The van der Waals surface area contributed by atoms with Crippen LogP contribution in [0.3, 0.4) is 0 Å². The molecule has 2 atom stereocenters. The van der Waals surface area contributed by atoms with E-state index in [1.54, 1.807) is 33.4 Å². The van der Waals surface area contributed by atoms with Crippen LogP contribution in [0.15, 0.2) is 55.2 Å². The Kier molecular flexibility index (Phi) is 11.0. The highest BCUT2D eigenvalue weighted by Gasteiger charge is 2.30. The minimum Gasteiger partial charge on any atom is -0.398 e. The molecule has 3 aromatic rings. The normalized spacial score (nSPS) is 16.1. The third kappa shape index (κ3) is 8.35. The quantitative estimate of drug-likeness (QED) is 0.274. The molecule has 0 radical (unpaired) electrons. The number of halogens is 3. The zero-order valence-corrected chi connectivity index (χ0v) is 25.9. The van der Waals surface area contributed by atoms with Crippen molar-refractivity contribution in [3.8, 4) is 17.3 Å². The molecule has 12 heteroatoms. The van der Waals surface area contributed by atoms with E-state index in [9.17, 15) is 27.7 Å². The Morgan fingerprint density at radius 3 is 2.50 bits per heavy atom. The number of rotatable bonds is 12. The molecule has 8 nitrogen and oxygen atoms in total. The SMILES string of the molecule is C=C(c1cc(C#N)ccc1N)C1CCN(CC(O)Cn2cc(CCN(CC)S(C)=O)c(-c3ccc(C(F)(F)F)cc3)n2)CC1. The van der Waals surface area contributed by atoms with Crippen molar-refractivity contribution in [3.05, 3.63) is 77.5 Å². The number of hydrogen-bond donors (Lipinski definition) is 2. The van der Waals surface area contributed by atoms with Crippen molar-refractivity contribution >= 4 is 22.2 Å². The second-order valence-electron chi connectivity index (χ2n) is 11.2. The van der Waals surface area contributed by atoms with Crippen molar-refractivity contribution < 1.29 is 22.5 Å². The van der Waals surface area contributed by atoms with Crippen LogP contribution in [0.4, 0.5) is 18.9 Å². The maximum atomic E-state index is 13.1. The molecule has 2 heterocycles. The van der Waals surface area contributed by atoms with Crippen molar-refractivity contribution in [3.63, 3.8) is 0 Å². The maximum Gasteiger partial charge on any atom is 0.416 e. The number of aromatic nitrogens is 2. The summed E-state index contributed by atoms with van der Waals surface area (Å²) in [5.41, 5.74) is 10.2. The molecule has 44 heavy (non-hydrogen) atoms. The maximum absolute atomic E-state index is 13.1. The van der Waals surface area contributed by atoms with Gasteiger partial charge in [-0.1, -0.05) is 25.6 Å². The molecule has 0 aliphatic carbocycles. The second kappa shape index (κ2) is 14.5. The number of aliphatic hydroxyl groups excluding tert-OH is 1. The number of nitrogens with zero attached hydrogens (tertiary/aromatic N) is 5. The molecular weight excluding hydrogens is 589 g/mol. The fourth-order valence-electron chi connectivity index (χ4n) is 5.67. The molecule has 0 amide bonds. The number of anilines is 1. The first-order valence-electron chi connectivity index (χ1n) is 14.6. The van der Waals surface area contributed by atoms with Crippen LogP contribution in [0, 0.1) is 17.2 Å². The highest BCUT2D eigenvalue weighted by Crippen LogP contribution is 2.34. The lowest BCUT2D eigenvalue weighted by molar-refractivity contribution is -0.137. The summed E-state index contributed by atoms with van der Waals surface area (Å²) in [7, 11) is -1.16. The highest BCUT2D eigenvalue weighted by atomic mass is 32.2. The molecular formula is C32H39F3N6O2S. The summed E-state index contributed by atoms with van der Waals surface area (Å²) in [6.07, 6.45) is 0.464. The van der Waals surface area contributed by atoms with Crippen LogP contribution in [0.2, 0.25) is 0 Å². The number of nitrogens with two attached hydrogens (primary N) is 1. The van der Waals surface area contributed by atoms with Crippen LogP contribution in [0.5, 0.6) is 0 Å². The lowest BCUT2D eigenvalue weighted by Crippen LogP contribution is -2.40. The molecule has 1 fully saturated rings. The van der Waals surface area contributed by atoms with E-state index in [-0.39, 0.29) is 12.5 Å². The number of hydrogen-bond acceptors (Lipinski definition) is 6. The summed E-state index contributed by atoms with van der Waals surface area (Å²) >= 11 is 0. The third-order valence-electron chi connectivity index (χ3n) is 8.15. The topological polar surface area (TPSA) is 111 Å².